The highest BCUT2D eigenvalue weighted by Gasteiger charge is 2.25. The first-order chi connectivity index (χ1) is 10.2. The minimum absolute atomic E-state index is 0. The Hall–Kier alpha value is -1.06. The van der Waals surface area contributed by atoms with Crippen molar-refractivity contribution >= 4 is 27.8 Å². The van der Waals surface area contributed by atoms with Gasteiger partial charge < -0.3 is 5.11 Å². The summed E-state index contributed by atoms with van der Waals surface area (Å²) in [6.07, 6.45) is 4.60. The number of phenolic OH excluding ortho intramolecular Hbond substituents is 1. The van der Waals surface area contributed by atoms with Gasteiger partial charge in [-0.2, -0.15) is 0 Å². The first-order valence-corrected chi connectivity index (χ1v) is 8.20. The average molecular weight is 364 g/mol. The Morgan fingerprint density at radius 1 is 1.05 bits per heavy atom. The number of nitrogens with zero attached hydrogens (tertiary/aromatic N) is 1. The smallest absolute Gasteiger partial charge is 0.116 e. The van der Waals surface area contributed by atoms with Crippen molar-refractivity contribution in [2.45, 2.75) is 45.6 Å². The molecule has 2 nitrogen and oxygen atoms in total. The van der Waals surface area contributed by atoms with Gasteiger partial charge in [0.25, 0.3) is 0 Å². The fraction of sp³-hybridized carbons (Fsp3) is 0.474. The fourth-order valence-electron chi connectivity index (χ4n) is 3.80. The second-order valence-corrected chi connectivity index (χ2v) is 6.22. The third-order valence-corrected chi connectivity index (χ3v) is 4.58. The Labute approximate surface area is 143 Å². The molecule has 0 aliphatic heterocycles. The molecular formula is C19H26BrNO. The van der Waals surface area contributed by atoms with E-state index in [0.717, 1.165) is 12.8 Å². The van der Waals surface area contributed by atoms with Gasteiger partial charge in [0.1, 0.15) is 5.75 Å². The molecule has 1 atom stereocenters. The van der Waals surface area contributed by atoms with Crippen molar-refractivity contribution in [2.24, 2.45) is 0 Å². The second-order valence-electron chi connectivity index (χ2n) is 6.22. The number of aromatic hydroxyl groups is 1. The summed E-state index contributed by atoms with van der Waals surface area (Å²) in [4.78, 5) is 2.63. The number of rotatable bonds is 5. The van der Waals surface area contributed by atoms with Crippen LogP contribution in [0.3, 0.4) is 0 Å². The van der Waals surface area contributed by atoms with E-state index in [4.69, 9.17) is 0 Å². The SMILES string of the molecule is Br.CCCN(CCC)C1Cc2cccc3cc(O)cc(c23)C1. The Morgan fingerprint density at radius 3 is 2.41 bits per heavy atom. The van der Waals surface area contributed by atoms with Crippen LogP contribution in [-0.4, -0.2) is 29.1 Å². The molecule has 1 N–H and O–H groups in total. The lowest BCUT2D eigenvalue weighted by Gasteiger charge is -2.35. The Morgan fingerprint density at radius 2 is 1.73 bits per heavy atom. The highest BCUT2D eigenvalue weighted by atomic mass is 79.9. The predicted octanol–water partition coefficient (Wildman–Crippen LogP) is 4.71. The normalized spacial score (nSPS) is 16.8. The van der Waals surface area contributed by atoms with E-state index >= 15 is 0 Å². The first kappa shape index (κ1) is 17.3. The van der Waals surface area contributed by atoms with E-state index < -0.39 is 0 Å². The van der Waals surface area contributed by atoms with E-state index in [2.05, 4.69) is 36.9 Å². The van der Waals surface area contributed by atoms with Gasteiger partial charge >= 0.3 is 0 Å². The van der Waals surface area contributed by atoms with Crippen molar-refractivity contribution in [2.75, 3.05) is 13.1 Å². The van der Waals surface area contributed by atoms with Crippen molar-refractivity contribution in [3.8, 4) is 5.75 Å². The number of halogens is 1. The molecule has 0 amide bonds. The topological polar surface area (TPSA) is 23.5 Å². The maximum atomic E-state index is 9.98. The van der Waals surface area contributed by atoms with Crippen LogP contribution in [0, 0.1) is 0 Å². The van der Waals surface area contributed by atoms with Crippen LogP contribution in [0.15, 0.2) is 30.3 Å². The van der Waals surface area contributed by atoms with E-state index in [1.54, 1.807) is 0 Å². The molecule has 0 bridgehead atoms. The monoisotopic (exact) mass is 363 g/mol. The minimum Gasteiger partial charge on any atom is -0.508 e. The largest absolute Gasteiger partial charge is 0.508 e. The summed E-state index contributed by atoms with van der Waals surface area (Å²) in [7, 11) is 0. The Kier molecular flexibility index (Phi) is 5.87. The van der Waals surface area contributed by atoms with E-state index in [0.29, 0.717) is 11.8 Å². The van der Waals surface area contributed by atoms with Crippen LogP contribution >= 0.6 is 17.0 Å². The Balaban J connectivity index is 0.00000176. The molecule has 0 spiro atoms. The lowest BCUT2D eigenvalue weighted by atomic mass is 9.84. The average Bonchev–Trinajstić information content (AvgIpc) is 2.46. The maximum Gasteiger partial charge on any atom is 0.116 e. The molecule has 1 aliphatic carbocycles. The molecule has 3 heteroatoms. The molecule has 1 aliphatic rings. The van der Waals surface area contributed by atoms with Gasteiger partial charge in [0.05, 0.1) is 0 Å². The van der Waals surface area contributed by atoms with Gasteiger partial charge in [0, 0.05) is 6.04 Å². The van der Waals surface area contributed by atoms with Gasteiger partial charge in [-0.3, -0.25) is 4.90 Å². The molecule has 0 heterocycles. The van der Waals surface area contributed by atoms with E-state index in [1.165, 1.54) is 47.8 Å². The summed E-state index contributed by atoms with van der Waals surface area (Å²) in [5.41, 5.74) is 2.75. The van der Waals surface area contributed by atoms with Crippen molar-refractivity contribution in [3.63, 3.8) is 0 Å². The predicted molar refractivity (Wildman–Crippen MR) is 99.3 cm³/mol. The third kappa shape index (κ3) is 3.31. The summed E-state index contributed by atoms with van der Waals surface area (Å²) >= 11 is 0. The molecule has 3 rings (SSSR count). The van der Waals surface area contributed by atoms with E-state index in [9.17, 15) is 5.11 Å². The van der Waals surface area contributed by atoms with Gasteiger partial charge in [-0.25, -0.2) is 0 Å². The zero-order valence-electron chi connectivity index (χ0n) is 13.5. The molecule has 1 unspecified atom stereocenters. The lowest BCUT2D eigenvalue weighted by Crippen LogP contribution is -2.41. The van der Waals surface area contributed by atoms with E-state index in [-0.39, 0.29) is 17.0 Å². The standard InChI is InChI=1S/C19H25NO.BrH/c1-3-8-20(9-4-2)17-10-14-6-5-7-15-12-18(21)13-16(11-17)19(14)15;/h5-7,12-13,17,21H,3-4,8-11H2,1-2H3;1H. The molecule has 2 aromatic carbocycles. The maximum absolute atomic E-state index is 9.98. The van der Waals surface area contributed by atoms with E-state index in [1.807, 2.05) is 12.1 Å². The zero-order valence-corrected chi connectivity index (χ0v) is 15.2. The van der Waals surface area contributed by atoms with Crippen molar-refractivity contribution in [3.05, 3.63) is 41.5 Å². The van der Waals surface area contributed by atoms with Crippen LogP contribution in [0.25, 0.3) is 10.8 Å². The third-order valence-electron chi connectivity index (χ3n) is 4.58. The van der Waals surface area contributed by atoms with Gasteiger partial charge in [-0.05, 0) is 72.8 Å². The summed E-state index contributed by atoms with van der Waals surface area (Å²) in [5, 5.41) is 12.5. The molecule has 0 aromatic heterocycles. The number of hydrogen-bond acceptors (Lipinski definition) is 2. The molecule has 0 fully saturated rings. The molecule has 0 radical (unpaired) electrons. The molecular weight excluding hydrogens is 338 g/mol. The molecule has 2 aromatic rings. The van der Waals surface area contributed by atoms with Crippen molar-refractivity contribution < 1.29 is 5.11 Å². The summed E-state index contributed by atoms with van der Waals surface area (Å²) in [6, 6.07) is 10.9. The van der Waals surface area contributed by atoms with Crippen molar-refractivity contribution in [1.29, 1.82) is 0 Å². The molecule has 0 saturated heterocycles. The molecule has 120 valence electrons. The van der Waals surface area contributed by atoms with Gasteiger partial charge in [0.15, 0.2) is 0 Å². The van der Waals surface area contributed by atoms with Crippen LogP contribution in [0.4, 0.5) is 0 Å². The highest BCUT2D eigenvalue weighted by Crippen LogP contribution is 2.34. The van der Waals surface area contributed by atoms with Crippen LogP contribution < -0.4 is 0 Å². The zero-order chi connectivity index (χ0) is 14.8. The summed E-state index contributed by atoms with van der Waals surface area (Å²) in [5.74, 6) is 0.396. The second kappa shape index (κ2) is 7.47. The Bertz CT molecular complexity index is 635. The van der Waals surface area contributed by atoms with Gasteiger partial charge in [-0.1, -0.05) is 32.0 Å². The minimum atomic E-state index is 0. The van der Waals surface area contributed by atoms with Gasteiger partial charge in [0.2, 0.25) is 0 Å². The number of phenols is 1. The number of benzene rings is 2. The lowest BCUT2D eigenvalue weighted by molar-refractivity contribution is 0.191. The highest BCUT2D eigenvalue weighted by molar-refractivity contribution is 8.93. The quantitative estimate of drug-likeness (QED) is 0.830. The summed E-state index contributed by atoms with van der Waals surface area (Å²) < 4.78 is 0. The molecule has 22 heavy (non-hydrogen) atoms. The van der Waals surface area contributed by atoms with Crippen LogP contribution in [0.2, 0.25) is 0 Å². The summed E-state index contributed by atoms with van der Waals surface area (Å²) in [6.45, 7) is 6.85. The van der Waals surface area contributed by atoms with Crippen LogP contribution in [0.1, 0.15) is 37.8 Å². The number of hydrogen-bond donors (Lipinski definition) is 1. The van der Waals surface area contributed by atoms with Crippen LogP contribution in [0.5, 0.6) is 5.75 Å². The van der Waals surface area contributed by atoms with Crippen molar-refractivity contribution in [1.82, 2.24) is 4.90 Å². The van der Waals surface area contributed by atoms with Crippen LogP contribution in [-0.2, 0) is 12.8 Å². The fourth-order valence-corrected chi connectivity index (χ4v) is 3.80. The van der Waals surface area contributed by atoms with Gasteiger partial charge in [-0.15, -0.1) is 17.0 Å². The first-order valence-electron chi connectivity index (χ1n) is 8.20. The molecule has 0 saturated carbocycles.